The Morgan fingerprint density at radius 1 is 1.09 bits per heavy atom. The van der Waals surface area contributed by atoms with Gasteiger partial charge in [0.15, 0.2) is 0 Å². The van der Waals surface area contributed by atoms with Gasteiger partial charge in [0.1, 0.15) is 0 Å². The summed E-state index contributed by atoms with van der Waals surface area (Å²) >= 11 is 0. The molecule has 23 heavy (non-hydrogen) atoms. The van der Waals surface area contributed by atoms with E-state index in [1.165, 1.54) is 9.87 Å². The van der Waals surface area contributed by atoms with Crippen molar-refractivity contribution in [2.75, 3.05) is 26.2 Å². The molecule has 1 aromatic carbocycles. The highest BCUT2D eigenvalue weighted by Gasteiger charge is 2.34. The van der Waals surface area contributed by atoms with Gasteiger partial charge in [-0.1, -0.05) is 26.0 Å². The highest BCUT2D eigenvalue weighted by molar-refractivity contribution is 7.89. The zero-order valence-electron chi connectivity index (χ0n) is 13.9. The first-order valence-electron chi connectivity index (χ1n) is 8.39. The summed E-state index contributed by atoms with van der Waals surface area (Å²) in [6, 6.07) is 7.31. The van der Waals surface area contributed by atoms with E-state index in [4.69, 9.17) is 0 Å². The van der Waals surface area contributed by atoms with E-state index < -0.39 is 10.0 Å². The molecule has 2 heterocycles. The standard InChI is InChI=1S/C17H25N3O2S/c1-14(2)13-15-5-7-16(8-6-15)23(21,22)20-12-9-18-17(20)19-10-3-4-11-19/h5-8,14H,3-4,9-13H2,1-2H3. The lowest BCUT2D eigenvalue weighted by Crippen LogP contribution is -2.43. The van der Waals surface area contributed by atoms with Gasteiger partial charge in [0.25, 0.3) is 10.0 Å². The topological polar surface area (TPSA) is 53.0 Å². The molecular weight excluding hydrogens is 310 g/mol. The molecule has 2 aliphatic rings. The molecule has 0 aromatic heterocycles. The van der Waals surface area contributed by atoms with Gasteiger partial charge < -0.3 is 4.90 Å². The number of likely N-dealkylation sites (tertiary alicyclic amines) is 1. The number of rotatable bonds is 4. The quantitative estimate of drug-likeness (QED) is 0.849. The van der Waals surface area contributed by atoms with E-state index in [2.05, 4.69) is 23.7 Å². The number of nitrogens with zero attached hydrogens (tertiary/aromatic N) is 3. The van der Waals surface area contributed by atoms with Gasteiger partial charge in [0.05, 0.1) is 18.0 Å². The van der Waals surface area contributed by atoms with Crippen LogP contribution in [0.5, 0.6) is 0 Å². The first kappa shape index (κ1) is 16.3. The second-order valence-electron chi connectivity index (χ2n) is 6.69. The summed E-state index contributed by atoms with van der Waals surface area (Å²) in [5, 5.41) is 0. The van der Waals surface area contributed by atoms with Crippen LogP contribution in [-0.4, -0.2) is 49.8 Å². The minimum Gasteiger partial charge on any atom is -0.342 e. The van der Waals surface area contributed by atoms with Crippen molar-refractivity contribution in [2.45, 2.75) is 38.0 Å². The fourth-order valence-electron chi connectivity index (χ4n) is 3.22. The van der Waals surface area contributed by atoms with E-state index in [1.54, 1.807) is 12.1 Å². The fourth-order valence-corrected chi connectivity index (χ4v) is 4.66. The molecule has 0 aliphatic carbocycles. The van der Waals surface area contributed by atoms with Gasteiger partial charge in [0.2, 0.25) is 5.96 Å². The molecule has 0 N–H and O–H groups in total. The highest BCUT2D eigenvalue weighted by Crippen LogP contribution is 2.23. The first-order valence-corrected chi connectivity index (χ1v) is 9.83. The minimum atomic E-state index is -3.51. The molecule has 0 atom stereocenters. The molecule has 5 nitrogen and oxygen atoms in total. The molecule has 2 aliphatic heterocycles. The van der Waals surface area contributed by atoms with Crippen molar-refractivity contribution in [3.05, 3.63) is 29.8 Å². The maximum absolute atomic E-state index is 13.0. The van der Waals surface area contributed by atoms with Crippen LogP contribution < -0.4 is 0 Å². The Bertz CT molecular complexity index is 674. The molecule has 0 unspecified atom stereocenters. The smallest absolute Gasteiger partial charge is 0.266 e. The van der Waals surface area contributed by atoms with Gasteiger partial charge in [0, 0.05) is 13.1 Å². The zero-order chi connectivity index (χ0) is 16.4. The van der Waals surface area contributed by atoms with Crippen LogP contribution in [0.1, 0.15) is 32.3 Å². The molecule has 1 aromatic rings. The third-order valence-corrected chi connectivity index (χ3v) is 6.12. The maximum Gasteiger partial charge on any atom is 0.266 e. The number of benzene rings is 1. The lowest BCUT2D eigenvalue weighted by Gasteiger charge is -2.26. The Kier molecular flexibility index (Phi) is 4.62. The summed E-state index contributed by atoms with van der Waals surface area (Å²) in [4.78, 5) is 6.89. The molecule has 0 spiro atoms. The fraction of sp³-hybridized carbons (Fsp3) is 0.588. The second kappa shape index (κ2) is 6.51. The van der Waals surface area contributed by atoms with Crippen LogP contribution in [-0.2, 0) is 16.4 Å². The molecule has 0 saturated carbocycles. The molecule has 1 fully saturated rings. The van der Waals surface area contributed by atoms with Crippen LogP contribution >= 0.6 is 0 Å². The monoisotopic (exact) mass is 335 g/mol. The molecule has 6 heteroatoms. The van der Waals surface area contributed by atoms with E-state index in [-0.39, 0.29) is 0 Å². The predicted molar refractivity (Wildman–Crippen MR) is 92.0 cm³/mol. The van der Waals surface area contributed by atoms with Crippen molar-refractivity contribution < 1.29 is 8.42 Å². The summed E-state index contributed by atoms with van der Waals surface area (Å²) in [5.41, 5.74) is 1.17. The zero-order valence-corrected chi connectivity index (χ0v) is 14.7. The number of hydrogen-bond acceptors (Lipinski definition) is 4. The first-order chi connectivity index (χ1) is 11.0. The Hall–Kier alpha value is -1.56. The molecule has 1 saturated heterocycles. The van der Waals surface area contributed by atoms with Gasteiger partial charge in [-0.3, -0.25) is 4.99 Å². The van der Waals surface area contributed by atoms with Crippen LogP contribution in [0.3, 0.4) is 0 Å². The molecule has 126 valence electrons. The van der Waals surface area contributed by atoms with E-state index in [0.717, 1.165) is 32.4 Å². The molecule has 3 rings (SSSR count). The van der Waals surface area contributed by atoms with Crippen molar-refractivity contribution in [3.8, 4) is 0 Å². The Balaban J connectivity index is 1.82. The summed E-state index contributed by atoms with van der Waals surface area (Å²) in [6.45, 7) is 7.12. The van der Waals surface area contributed by atoms with Gasteiger partial charge in [-0.2, -0.15) is 0 Å². The molecule has 0 bridgehead atoms. The number of aliphatic imine (C=N–C) groups is 1. The number of hydrogen-bond donors (Lipinski definition) is 0. The molecule has 0 radical (unpaired) electrons. The number of guanidine groups is 1. The van der Waals surface area contributed by atoms with Crippen LogP contribution in [0.4, 0.5) is 0 Å². The Morgan fingerprint density at radius 3 is 2.35 bits per heavy atom. The van der Waals surface area contributed by atoms with Crippen LogP contribution in [0.2, 0.25) is 0 Å². The maximum atomic E-state index is 13.0. The lowest BCUT2D eigenvalue weighted by atomic mass is 10.0. The Labute approximate surface area is 139 Å². The van der Waals surface area contributed by atoms with Crippen LogP contribution in [0.15, 0.2) is 34.2 Å². The normalized spacial score (nSPS) is 18.8. The van der Waals surface area contributed by atoms with Gasteiger partial charge in [-0.15, -0.1) is 0 Å². The van der Waals surface area contributed by atoms with E-state index in [9.17, 15) is 8.42 Å². The third-order valence-electron chi connectivity index (χ3n) is 4.32. The predicted octanol–water partition coefficient (Wildman–Crippen LogP) is 2.34. The van der Waals surface area contributed by atoms with Gasteiger partial charge in [-0.05, 0) is 42.9 Å². The summed E-state index contributed by atoms with van der Waals surface area (Å²) in [6.07, 6.45) is 3.18. The SMILES string of the molecule is CC(C)Cc1ccc(S(=O)(=O)N2CCN=C2N2CCCC2)cc1. The van der Waals surface area contributed by atoms with Gasteiger partial charge in [-0.25, -0.2) is 12.7 Å². The largest absolute Gasteiger partial charge is 0.342 e. The third kappa shape index (κ3) is 3.37. The van der Waals surface area contributed by atoms with E-state index in [1.807, 2.05) is 12.1 Å². The van der Waals surface area contributed by atoms with Crippen LogP contribution in [0, 0.1) is 5.92 Å². The highest BCUT2D eigenvalue weighted by atomic mass is 32.2. The average Bonchev–Trinajstić information content (AvgIpc) is 3.18. The summed E-state index contributed by atoms with van der Waals surface area (Å²) in [5.74, 6) is 1.19. The summed E-state index contributed by atoms with van der Waals surface area (Å²) < 4.78 is 27.4. The summed E-state index contributed by atoms with van der Waals surface area (Å²) in [7, 11) is -3.51. The van der Waals surface area contributed by atoms with Crippen molar-refractivity contribution in [2.24, 2.45) is 10.9 Å². The average molecular weight is 335 g/mol. The number of sulfonamides is 1. The van der Waals surface area contributed by atoms with Crippen molar-refractivity contribution in [1.29, 1.82) is 0 Å². The Morgan fingerprint density at radius 2 is 1.74 bits per heavy atom. The van der Waals surface area contributed by atoms with E-state index in [0.29, 0.717) is 29.9 Å². The van der Waals surface area contributed by atoms with Gasteiger partial charge >= 0.3 is 0 Å². The van der Waals surface area contributed by atoms with E-state index >= 15 is 0 Å². The minimum absolute atomic E-state index is 0.360. The second-order valence-corrected chi connectivity index (χ2v) is 8.56. The molecular formula is C17H25N3O2S. The molecule has 0 amide bonds. The van der Waals surface area contributed by atoms with Crippen LogP contribution in [0.25, 0.3) is 0 Å². The lowest BCUT2D eigenvalue weighted by molar-refractivity contribution is 0.452. The van der Waals surface area contributed by atoms with Crippen molar-refractivity contribution in [1.82, 2.24) is 9.21 Å². The van der Waals surface area contributed by atoms with Crippen molar-refractivity contribution >= 4 is 16.0 Å². The van der Waals surface area contributed by atoms with Crippen molar-refractivity contribution in [3.63, 3.8) is 0 Å².